The molecule has 0 saturated carbocycles. The van der Waals surface area contributed by atoms with Crippen molar-refractivity contribution in [2.45, 2.75) is 38.5 Å². The Morgan fingerprint density at radius 3 is 1.14 bits per heavy atom. The SMILES string of the molecule is CC1(C)c2cc(N(c3ccc(-c4ccccc4)cc3)c3ccc4c(c3)C(C)(C)c3cc(-c5ccccc5)c5c(oc6ccccc65)c3-4)ccc2-c2c1cc(-c1ccccc1)c1c2oc2ccccc21. The van der Waals surface area contributed by atoms with E-state index in [9.17, 15) is 0 Å². The summed E-state index contributed by atoms with van der Waals surface area (Å²) in [6.45, 7) is 9.51. The lowest BCUT2D eigenvalue weighted by Gasteiger charge is -2.30. The Morgan fingerprint density at radius 1 is 0.319 bits per heavy atom. The van der Waals surface area contributed by atoms with E-state index in [0.29, 0.717) is 0 Å². The van der Waals surface area contributed by atoms with Gasteiger partial charge in [0.05, 0.1) is 0 Å². The van der Waals surface area contributed by atoms with Gasteiger partial charge in [0.1, 0.15) is 22.3 Å². The fraction of sp³-hybridized carbons (Fsp3) is 0.0909. The molecule has 0 radical (unpaired) electrons. The highest BCUT2D eigenvalue weighted by atomic mass is 16.3. The Morgan fingerprint density at radius 2 is 0.696 bits per heavy atom. The van der Waals surface area contributed by atoms with Crippen LogP contribution < -0.4 is 4.90 Å². The first-order valence-corrected chi connectivity index (χ1v) is 24.1. The van der Waals surface area contributed by atoms with Crippen molar-refractivity contribution in [2.24, 2.45) is 0 Å². The predicted molar refractivity (Wildman–Crippen MR) is 287 cm³/mol. The average Bonchev–Trinajstić information content (AvgIpc) is 4.10. The van der Waals surface area contributed by atoms with Crippen molar-refractivity contribution in [3.63, 3.8) is 0 Å². The van der Waals surface area contributed by atoms with Crippen LogP contribution in [-0.4, -0.2) is 0 Å². The van der Waals surface area contributed by atoms with E-state index in [1.54, 1.807) is 0 Å². The highest BCUT2D eigenvalue weighted by Gasteiger charge is 2.41. The number of para-hydroxylation sites is 2. The second kappa shape index (κ2) is 14.6. The van der Waals surface area contributed by atoms with Gasteiger partial charge in [-0.25, -0.2) is 0 Å². The number of furan rings is 2. The molecule has 0 atom stereocenters. The third-order valence-corrected chi connectivity index (χ3v) is 15.5. The van der Waals surface area contributed by atoms with Gasteiger partial charge in [0, 0.05) is 60.6 Å². The Balaban J connectivity index is 0.966. The van der Waals surface area contributed by atoms with Gasteiger partial charge in [-0.1, -0.05) is 179 Å². The fourth-order valence-electron chi connectivity index (χ4n) is 12.0. The highest BCUT2D eigenvalue weighted by Crippen LogP contribution is 2.58. The van der Waals surface area contributed by atoms with Crippen molar-refractivity contribution < 1.29 is 8.83 Å². The first-order valence-electron chi connectivity index (χ1n) is 24.1. The summed E-state index contributed by atoms with van der Waals surface area (Å²) in [5.41, 5.74) is 23.5. The molecule has 69 heavy (non-hydrogen) atoms. The van der Waals surface area contributed by atoms with E-state index in [4.69, 9.17) is 8.83 Å². The van der Waals surface area contributed by atoms with Gasteiger partial charge in [-0.2, -0.15) is 0 Å². The van der Waals surface area contributed by atoms with Crippen molar-refractivity contribution in [3.05, 3.63) is 235 Å². The fourth-order valence-corrected chi connectivity index (χ4v) is 12.0. The van der Waals surface area contributed by atoms with Gasteiger partial charge >= 0.3 is 0 Å². The monoisotopic (exact) mass is 885 g/mol. The molecule has 328 valence electrons. The van der Waals surface area contributed by atoms with Crippen LogP contribution in [0.4, 0.5) is 17.1 Å². The van der Waals surface area contributed by atoms with Gasteiger partial charge in [-0.05, 0) is 127 Å². The smallest absolute Gasteiger partial charge is 0.144 e. The van der Waals surface area contributed by atoms with Crippen LogP contribution in [0.3, 0.4) is 0 Å². The molecule has 0 spiro atoms. The molecule has 3 nitrogen and oxygen atoms in total. The molecule has 0 aliphatic heterocycles. The topological polar surface area (TPSA) is 29.5 Å². The van der Waals surface area contributed by atoms with E-state index in [1.807, 2.05) is 0 Å². The number of rotatable bonds is 6. The molecule has 0 unspecified atom stereocenters. The quantitative estimate of drug-likeness (QED) is 0.167. The zero-order chi connectivity index (χ0) is 46.2. The molecular formula is C66H47NO2. The van der Waals surface area contributed by atoms with Gasteiger partial charge in [-0.3, -0.25) is 0 Å². The van der Waals surface area contributed by atoms with Crippen LogP contribution in [0.15, 0.2) is 221 Å². The third-order valence-electron chi connectivity index (χ3n) is 15.5. The van der Waals surface area contributed by atoms with E-state index in [0.717, 1.165) is 50.2 Å². The molecule has 0 amide bonds. The number of hydrogen-bond acceptors (Lipinski definition) is 3. The summed E-state index contributed by atoms with van der Waals surface area (Å²) in [5.74, 6) is 0. The maximum Gasteiger partial charge on any atom is 0.144 e. The van der Waals surface area contributed by atoms with Crippen LogP contribution in [-0.2, 0) is 10.8 Å². The molecule has 2 aromatic heterocycles. The van der Waals surface area contributed by atoms with Gasteiger partial charge < -0.3 is 13.7 Å². The molecule has 0 bridgehead atoms. The number of anilines is 3. The van der Waals surface area contributed by atoms with Crippen LogP contribution in [0.5, 0.6) is 0 Å². The molecule has 2 heterocycles. The molecule has 0 N–H and O–H groups in total. The minimum atomic E-state index is -0.323. The van der Waals surface area contributed by atoms with Crippen LogP contribution in [0.25, 0.3) is 99.5 Å². The molecule has 3 heteroatoms. The summed E-state index contributed by atoms with van der Waals surface area (Å²) in [4.78, 5) is 2.45. The normalized spacial score (nSPS) is 14.0. The molecule has 0 fully saturated rings. The summed E-state index contributed by atoms with van der Waals surface area (Å²) in [7, 11) is 0. The van der Waals surface area contributed by atoms with E-state index >= 15 is 0 Å². The molecular weight excluding hydrogens is 839 g/mol. The highest BCUT2D eigenvalue weighted by molar-refractivity contribution is 6.19. The zero-order valence-electron chi connectivity index (χ0n) is 39.0. The van der Waals surface area contributed by atoms with Gasteiger partial charge in [-0.15, -0.1) is 0 Å². The van der Waals surface area contributed by atoms with Gasteiger partial charge in [0.25, 0.3) is 0 Å². The molecule has 0 saturated heterocycles. The first kappa shape index (κ1) is 39.7. The van der Waals surface area contributed by atoms with Gasteiger partial charge in [0.2, 0.25) is 0 Å². The predicted octanol–water partition coefficient (Wildman–Crippen LogP) is 18.6. The summed E-state index contributed by atoms with van der Waals surface area (Å²) < 4.78 is 13.8. The van der Waals surface area contributed by atoms with E-state index in [1.165, 1.54) is 88.7 Å². The number of fused-ring (bicyclic) bond motifs is 14. The Kier molecular flexibility index (Phi) is 8.38. The van der Waals surface area contributed by atoms with Crippen LogP contribution in [0.2, 0.25) is 0 Å². The number of benzene rings is 10. The summed E-state index contributed by atoms with van der Waals surface area (Å²) in [6, 6.07) is 77.3. The van der Waals surface area contributed by atoms with Crippen LogP contribution >= 0.6 is 0 Å². The maximum absolute atomic E-state index is 6.92. The Bertz CT molecular complexity index is 3820. The van der Waals surface area contributed by atoms with Crippen molar-refractivity contribution in [1.82, 2.24) is 0 Å². The minimum Gasteiger partial charge on any atom is -0.455 e. The van der Waals surface area contributed by atoms with Crippen LogP contribution in [0.1, 0.15) is 49.9 Å². The van der Waals surface area contributed by atoms with Crippen molar-refractivity contribution >= 4 is 60.9 Å². The lowest BCUT2D eigenvalue weighted by atomic mass is 9.80. The van der Waals surface area contributed by atoms with Crippen LogP contribution in [0, 0.1) is 0 Å². The molecule has 10 aromatic carbocycles. The molecule has 14 rings (SSSR count). The lowest BCUT2D eigenvalue weighted by molar-refractivity contribution is 0.653. The number of nitrogens with zero attached hydrogens (tertiary/aromatic N) is 1. The summed E-state index contributed by atoms with van der Waals surface area (Å²) in [5, 5.41) is 4.62. The molecule has 2 aliphatic carbocycles. The van der Waals surface area contributed by atoms with Crippen molar-refractivity contribution in [1.29, 1.82) is 0 Å². The largest absolute Gasteiger partial charge is 0.455 e. The van der Waals surface area contributed by atoms with E-state index < -0.39 is 0 Å². The second-order valence-corrected chi connectivity index (χ2v) is 20.0. The standard InChI is InChI=1S/C66H47NO2/c1-65(2)53-36-45(32-34-47(53)61-55(65)38-51(42-20-10-6-11-21-42)59-49-24-14-16-26-57(49)68-63(59)61)67(44-30-28-41(29-31-44)40-18-8-5-9-19-40)46-33-35-48-54(37-46)66(3,4)56-39-52(43-22-12-7-13-23-43)60-50-25-15-17-27-58(50)69-64(60)62(48)56/h5-39H,1-4H3. The molecule has 12 aromatic rings. The van der Waals surface area contributed by atoms with E-state index in [2.05, 4.69) is 245 Å². The summed E-state index contributed by atoms with van der Waals surface area (Å²) in [6.07, 6.45) is 0. The lowest BCUT2D eigenvalue weighted by Crippen LogP contribution is -2.18. The average molecular weight is 886 g/mol. The van der Waals surface area contributed by atoms with E-state index in [-0.39, 0.29) is 10.8 Å². The first-order chi connectivity index (χ1) is 33.7. The van der Waals surface area contributed by atoms with Crippen molar-refractivity contribution in [3.8, 4) is 55.6 Å². The maximum atomic E-state index is 6.92. The minimum absolute atomic E-state index is 0.323. The Hall–Kier alpha value is -8.40. The Labute approximate surface area is 401 Å². The zero-order valence-corrected chi connectivity index (χ0v) is 39.0. The van der Waals surface area contributed by atoms with Gasteiger partial charge in [0.15, 0.2) is 0 Å². The number of hydrogen-bond donors (Lipinski definition) is 0. The molecule has 2 aliphatic rings. The second-order valence-electron chi connectivity index (χ2n) is 20.0. The van der Waals surface area contributed by atoms with Crippen molar-refractivity contribution in [2.75, 3.05) is 4.90 Å². The summed E-state index contributed by atoms with van der Waals surface area (Å²) >= 11 is 0. The third kappa shape index (κ3) is 5.74.